The molecule has 0 radical (unpaired) electrons. The van der Waals surface area contributed by atoms with E-state index < -0.39 is 10.0 Å². The standard InChI is InChI=1S/C16H24N2O5S/c1-4-17-16(19)12-6-5-9-18(11-12)24(20,21)15-10-13(22-2)7-8-14(15)23-3/h7-8,10,12H,4-6,9,11H2,1-3H3,(H,17,19)/t12-/m0/s1. The summed E-state index contributed by atoms with van der Waals surface area (Å²) in [5.74, 6) is 0.266. The monoisotopic (exact) mass is 356 g/mol. The highest BCUT2D eigenvalue weighted by atomic mass is 32.2. The van der Waals surface area contributed by atoms with Crippen LogP contribution in [0, 0.1) is 5.92 Å². The smallest absolute Gasteiger partial charge is 0.246 e. The van der Waals surface area contributed by atoms with Crippen molar-refractivity contribution in [3.63, 3.8) is 0 Å². The molecule has 1 atom stereocenters. The van der Waals surface area contributed by atoms with Crippen LogP contribution in [-0.4, -0.2) is 52.5 Å². The van der Waals surface area contributed by atoms with Crippen LogP contribution < -0.4 is 14.8 Å². The summed E-state index contributed by atoms with van der Waals surface area (Å²) in [7, 11) is -0.869. The Morgan fingerprint density at radius 1 is 1.33 bits per heavy atom. The number of hydrogen-bond donors (Lipinski definition) is 1. The van der Waals surface area contributed by atoms with Gasteiger partial charge >= 0.3 is 0 Å². The molecule has 1 saturated heterocycles. The fraction of sp³-hybridized carbons (Fsp3) is 0.562. The molecule has 0 spiro atoms. The topological polar surface area (TPSA) is 84.9 Å². The van der Waals surface area contributed by atoms with Gasteiger partial charge in [0.2, 0.25) is 15.9 Å². The van der Waals surface area contributed by atoms with E-state index in [4.69, 9.17) is 9.47 Å². The zero-order chi connectivity index (χ0) is 17.7. The number of hydrogen-bond acceptors (Lipinski definition) is 5. The third kappa shape index (κ3) is 3.81. The maximum atomic E-state index is 13.0. The van der Waals surface area contributed by atoms with Crippen molar-refractivity contribution in [3.8, 4) is 11.5 Å². The van der Waals surface area contributed by atoms with Crippen molar-refractivity contribution in [2.24, 2.45) is 5.92 Å². The zero-order valence-electron chi connectivity index (χ0n) is 14.2. The third-order valence-electron chi connectivity index (χ3n) is 4.09. The first kappa shape index (κ1) is 18.5. The molecule has 134 valence electrons. The van der Waals surface area contributed by atoms with Gasteiger partial charge in [-0.25, -0.2) is 8.42 Å². The lowest BCUT2D eigenvalue weighted by molar-refractivity contribution is -0.125. The minimum absolute atomic E-state index is 0.0564. The summed E-state index contributed by atoms with van der Waals surface area (Å²) in [4.78, 5) is 12.1. The lowest BCUT2D eigenvalue weighted by atomic mass is 9.99. The number of carbonyl (C=O) groups excluding carboxylic acids is 1. The number of benzene rings is 1. The van der Waals surface area contributed by atoms with Crippen LogP contribution in [0.4, 0.5) is 0 Å². The first-order chi connectivity index (χ1) is 11.4. The van der Waals surface area contributed by atoms with Gasteiger partial charge in [0.15, 0.2) is 0 Å². The molecule has 0 saturated carbocycles. The van der Waals surface area contributed by atoms with Crippen LogP contribution in [0.15, 0.2) is 23.1 Å². The van der Waals surface area contributed by atoms with Crippen LogP contribution in [0.25, 0.3) is 0 Å². The summed E-state index contributed by atoms with van der Waals surface area (Å²) in [5.41, 5.74) is 0. The first-order valence-corrected chi connectivity index (χ1v) is 9.38. The summed E-state index contributed by atoms with van der Waals surface area (Å²) in [6.45, 7) is 2.94. The van der Waals surface area contributed by atoms with Crippen molar-refractivity contribution in [3.05, 3.63) is 18.2 Å². The van der Waals surface area contributed by atoms with Gasteiger partial charge in [0.25, 0.3) is 0 Å². The van der Waals surface area contributed by atoms with Crippen molar-refractivity contribution >= 4 is 15.9 Å². The van der Waals surface area contributed by atoms with Crippen LogP contribution in [0.1, 0.15) is 19.8 Å². The molecule has 1 aromatic carbocycles. The highest BCUT2D eigenvalue weighted by molar-refractivity contribution is 7.89. The van der Waals surface area contributed by atoms with Gasteiger partial charge < -0.3 is 14.8 Å². The molecule has 1 heterocycles. The molecule has 0 unspecified atom stereocenters. The van der Waals surface area contributed by atoms with Gasteiger partial charge in [-0.1, -0.05) is 0 Å². The van der Waals surface area contributed by atoms with E-state index in [1.807, 2.05) is 6.92 Å². The minimum atomic E-state index is -3.77. The Hall–Kier alpha value is -1.80. The molecular weight excluding hydrogens is 332 g/mol. The summed E-state index contributed by atoms with van der Waals surface area (Å²) in [6, 6.07) is 4.66. The second-order valence-corrected chi connectivity index (χ2v) is 7.52. The van der Waals surface area contributed by atoms with Crippen molar-refractivity contribution in [2.45, 2.75) is 24.7 Å². The Kier molecular flexibility index (Phi) is 6.06. The minimum Gasteiger partial charge on any atom is -0.497 e. The molecule has 24 heavy (non-hydrogen) atoms. The normalized spacial score (nSPS) is 18.9. The lowest BCUT2D eigenvalue weighted by Crippen LogP contribution is -2.45. The average molecular weight is 356 g/mol. The van der Waals surface area contributed by atoms with E-state index in [0.29, 0.717) is 31.7 Å². The number of carbonyl (C=O) groups is 1. The van der Waals surface area contributed by atoms with Gasteiger partial charge in [-0.3, -0.25) is 4.79 Å². The molecule has 1 aliphatic heterocycles. The molecule has 1 fully saturated rings. The number of nitrogens with one attached hydrogen (secondary N) is 1. The van der Waals surface area contributed by atoms with Crippen molar-refractivity contribution in [1.82, 2.24) is 9.62 Å². The van der Waals surface area contributed by atoms with Gasteiger partial charge in [-0.15, -0.1) is 0 Å². The van der Waals surface area contributed by atoms with Crippen LogP contribution in [0.3, 0.4) is 0 Å². The second-order valence-electron chi connectivity index (χ2n) is 5.61. The molecule has 1 N–H and O–H groups in total. The van der Waals surface area contributed by atoms with Crippen LogP contribution in [0.2, 0.25) is 0 Å². The Bertz CT molecular complexity index is 690. The summed E-state index contributed by atoms with van der Waals surface area (Å²) >= 11 is 0. The number of nitrogens with zero attached hydrogens (tertiary/aromatic N) is 1. The molecule has 0 bridgehead atoms. The summed E-state index contributed by atoms with van der Waals surface area (Å²) < 4.78 is 37.7. The third-order valence-corrected chi connectivity index (χ3v) is 5.98. The Morgan fingerprint density at radius 2 is 2.08 bits per heavy atom. The molecule has 7 nitrogen and oxygen atoms in total. The van der Waals surface area contributed by atoms with E-state index in [9.17, 15) is 13.2 Å². The van der Waals surface area contributed by atoms with E-state index in [2.05, 4.69) is 5.32 Å². The number of piperidine rings is 1. The van der Waals surface area contributed by atoms with E-state index in [0.717, 1.165) is 0 Å². The molecule has 1 aliphatic rings. The molecule has 2 rings (SSSR count). The summed E-state index contributed by atoms with van der Waals surface area (Å²) in [6.07, 6.45) is 1.33. The Balaban J connectivity index is 2.31. The van der Waals surface area contributed by atoms with E-state index >= 15 is 0 Å². The largest absolute Gasteiger partial charge is 0.497 e. The van der Waals surface area contributed by atoms with Crippen molar-refractivity contribution < 1.29 is 22.7 Å². The molecule has 0 aliphatic carbocycles. The van der Waals surface area contributed by atoms with Crippen molar-refractivity contribution in [1.29, 1.82) is 0 Å². The number of rotatable bonds is 6. The molecular formula is C16H24N2O5S. The summed E-state index contributed by atoms with van der Waals surface area (Å²) in [5, 5.41) is 2.76. The van der Waals surface area contributed by atoms with Crippen LogP contribution in [0.5, 0.6) is 11.5 Å². The van der Waals surface area contributed by atoms with Gasteiger partial charge in [0, 0.05) is 25.7 Å². The molecule has 1 aromatic rings. The van der Waals surface area contributed by atoms with Gasteiger partial charge in [0.1, 0.15) is 16.4 Å². The number of ether oxygens (including phenoxy) is 2. The van der Waals surface area contributed by atoms with E-state index in [-0.39, 0.29) is 29.0 Å². The van der Waals surface area contributed by atoms with Crippen LogP contribution in [-0.2, 0) is 14.8 Å². The van der Waals surface area contributed by atoms with Gasteiger partial charge in [-0.2, -0.15) is 4.31 Å². The molecule has 0 aromatic heterocycles. The maximum Gasteiger partial charge on any atom is 0.246 e. The maximum absolute atomic E-state index is 13.0. The first-order valence-electron chi connectivity index (χ1n) is 7.94. The highest BCUT2D eigenvalue weighted by Gasteiger charge is 2.34. The number of methoxy groups -OCH3 is 2. The van der Waals surface area contributed by atoms with E-state index in [1.54, 1.807) is 12.1 Å². The fourth-order valence-corrected chi connectivity index (χ4v) is 4.51. The van der Waals surface area contributed by atoms with Crippen molar-refractivity contribution in [2.75, 3.05) is 33.9 Å². The predicted octanol–water partition coefficient (Wildman–Crippen LogP) is 1.24. The number of amides is 1. The Morgan fingerprint density at radius 3 is 2.71 bits per heavy atom. The second kappa shape index (κ2) is 7.85. The van der Waals surface area contributed by atoms with E-state index in [1.165, 1.54) is 24.6 Å². The fourth-order valence-electron chi connectivity index (χ4n) is 2.82. The van der Waals surface area contributed by atoms with Gasteiger partial charge in [-0.05, 0) is 31.9 Å². The van der Waals surface area contributed by atoms with Gasteiger partial charge in [0.05, 0.1) is 20.1 Å². The average Bonchev–Trinajstić information content (AvgIpc) is 2.61. The Labute approximate surface area is 143 Å². The van der Waals surface area contributed by atoms with Crippen LogP contribution >= 0.6 is 0 Å². The number of sulfonamides is 1. The molecule has 1 amide bonds. The lowest BCUT2D eigenvalue weighted by Gasteiger charge is -2.31. The molecule has 8 heteroatoms. The highest BCUT2D eigenvalue weighted by Crippen LogP contribution is 2.32. The predicted molar refractivity (Wildman–Crippen MR) is 89.7 cm³/mol. The zero-order valence-corrected chi connectivity index (χ0v) is 15.1. The SMILES string of the molecule is CCNC(=O)[C@H]1CCCN(S(=O)(=O)c2cc(OC)ccc2OC)C1. The quantitative estimate of drug-likeness (QED) is 0.829.